The molecule has 0 saturated carbocycles. The van der Waals surface area contributed by atoms with Crippen LogP contribution in [0.5, 0.6) is 11.5 Å². The van der Waals surface area contributed by atoms with Crippen molar-refractivity contribution in [3.63, 3.8) is 0 Å². The fourth-order valence-electron chi connectivity index (χ4n) is 1.64. The third-order valence-electron chi connectivity index (χ3n) is 2.56. The lowest BCUT2D eigenvalue weighted by molar-refractivity contribution is -0.275. The molecule has 0 aromatic carbocycles. The molecule has 5 nitrogen and oxygen atoms in total. The number of hydrogen-bond donors (Lipinski definition) is 0. The molecule has 2 aromatic rings. The van der Waals surface area contributed by atoms with E-state index in [0.717, 1.165) is 24.5 Å². The van der Waals surface area contributed by atoms with E-state index in [1.807, 2.05) is 0 Å². The molecule has 11 heteroatoms. The Hall–Kier alpha value is -2.56. The molecule has 2 heterocycles. The topological polar surface area (TPSA) is 53.5 Å². The van der Waals surface area contributed by atoms with E-state index in [1.54, 1.807) is 0 Å². The van der Waals surface area contributed by atoms with Crippen LogP contribution >= 0.6 is 0 Å². The summed E-state index contributed by atoms with van der Waals surface area (Å²) in [5.41, 5.74) is 0.679. The van der Waals surface area contributed by atoms with Gasteiger partial charge in [0.2, 0.25) is 0 Å². The second-order valence-corrected chi connectivity index (χ2v) is 4.56. The Morgan fingerprint density at radius 2 is 1.08 bits per heavy atom. The highest BCUT2D eigenvalue weighted by Crippen LogP contribution is 2.23. The maximum absolute atomic E-state index is 12.0. The van der Waals surface area contributed by atoms with Crippen molar-refractivity contribution in [2.24, 2.45) is 0 Å². The highest BCUT2D eigenvalue weighted by Gasteiger charge is 2.31. The lowest BCUT2D eigenvalue weighted by Crippen LogP contribution is -2.17. The van der Waals surface area contributed by atoms with Crippen molar-refractivity contribution < 1.29 is 40.6 Å². The molecule has 0 aliphatic heterocycles. The van der Waals surface area contributed by atoms with Crippen LogP contribution in [0.15, 0.2) is 36.7 Å². The predicted molar refractivity (Wildman–Crippen MR) is 70.3 cm³/mol. The van der Waals surface area contributed by atoms with E-state index >= 15 is 0 Å². The summed E-state index contributed by atoms with van der Waals surface area (Å²) < 4.78 is 84.6. The van der Waals surface area contributed by atoms with Crippen LogP contribution < -0.4 is 9.47 Å². The van der Waals surface area contributed by atoms with Gasteiger partial charge in [-0.15, -0.1) is 26.3 Å². The summed E-state index contributed by atoms with van der Waals surface area (Å²) in [5, 5.41) is 0. The van der Waals surface area contributed by atoms with Crippen LogP contribution in [0.1, 0.15) is 11.4 Å². The zero-order valence-corrected chi connectivity index (χ0v) is 12.3. The van der Waals surface area contributed by atoms with Gasteiger partial charge in [-0.2, -0.15) is 0 Å². The lowest BCUT2D eigenvalue weighted by Gasteiger charge is -2.09. The van der Waals surface area contributed by atoms with Crippen LogP contribution in [0.3, 0.4) is 0 Å². The number of pyridine rings is 2. The number of halogens is 6. The van der Waals surface area contributed by atoms with Crippen molar-refractivity contribution in [2.45, 2.75) is 25.9 Å². The van der Waals surface area contributed by atoms with E-state index in [-0.39, 0.29) is 13.2 Å². The molecule has 136 valence electrons. The van der Waals surface area contributed by atoms with Gasteiger partial charge in [-0.1, -0.05) is 0 Å². The van der Waals surface area contributed by atoms with Crippen LogP contribution in [-0.4, -0.2) is 22.7 Å². The summed E-state index contributed by atoms with van der Waals surface area (Å²) >= 11 is 0. The Kier molecular flexibility index (Phi) is 5.67. The maximum Gasteiger partial charge on any atom is 0.573 e. The Morgan fingerprint density at radius 1 is 0.680 bits per heavy atom. The third-order valence-corrected chi connectivity index (χ3v) is 2.56. The molecular formula is C14H10F6N2O3. The van der Waals surface area contributed by atoms with Crippen molar-refractivity contribution in [3.8, 4) is 11.5 Å². The van der Waals surface area contributed by atoms with Gasteiger partial charge in [-0.3, -0.25) is 9.97 Å². The summed E-state index contributed by atoms with van der Waals surface area (Å²) in [6.45, 7) is -0.0659. The van der Waals surface area contributed by atoms with Gasteiger partial charge in [-0.25, -0.2) is 0 Å². The molecule has 0 bridgehead atoms. The van der Waals surface area contributed by atoms with Crippen molar-refractivity contribution in [3.05, 3.63) is 48.0 Å². The highest BCUT2D eigenvalue weighted by atomic mass is 19.4. The van der Waals surface area contributed by atoms with Crippen LogP contribution in [0.2, 0.25) is 0 Å². The number of aromatic nitrogens is 2. The number of nitrogens with zero attached hydrogens (tertiary/aromatic N) is 2. The molecule has 0 N–H and O–H groups in total. The summed E-state index contributed by atoms with van der Waals surface area (Å²) in [4.78, 5) is 7.47. The Labute approximate surface area is 137 Å². The maximum atomic E-state index is 12.0. The predicted octanol–water partition coefficient (Wildman–Crippen LogP) is 3.99. The third kappa shape index (κ3) is 7.25. The summed E-state index contributed by atoms with van der Waals surface area (Å²) in [6, 6.07) is 4.74. The second kappa shape index (κ2) is 7.55. The van der Waals surface area contributed by atoms with E-state index in [2.05, 4.69) is 19.4 Å². The van der Waals surface area contributed by atoms with Gasteiger partial charge < -0.3 is 14.2 Å². The van der Waals surface area contributed by atoms with Gasteiger partial charge in [0.25, 0.3) is 0 Å². The Morgan fingerprint density at radius 3 is 1.36 bits per heavy atom. The molecule has 0 aliphatic carbocycles. The normalized spacial score (nSPS) is 12.1. The van der Waals surface area contributed by atoms with E-state index < -0.39 is 24.2 Å². The van der Waals surface area contributed by atoms with E-state index in [1.165, 1.54) is 12.1 Å². The molecule has 0 unspecified atom stereocenters. The molecule has 2 rings (SSSR count). The molecule has 0 fully saturated rings. The van der Waals surface area contributed by atoms with Crippen LogP contribution in [0.25, 0.3) is 0 Å². The molecule has 0 radical (unpaired) electrons. The number of rotatable bonds is 6. The first-order valence-corrected chi connectivity index (χ1v) is 6.60. The van der Waals surface area contributed by atoms with Crippen molar-refractivity contribution in [1.82, 2.24) is 9.97 Å². The fraction of sp³-hybridized carbons (Fsp3) is 0.286. The zero-order valence-electron chi connectivity index (χ0n) is 12.3. The van der Waals surface area contributed by atoms with Gasteiger partial charge in [0, 0.05) is 0 Å². The number of alkyl halides is 6. The van der Waals surface area contributed by atoms with E-state index in [0.29, 0.717) is 11.4 Å². The van der Waals surface area contributed by atoms with Crippen molar-refractivity contribution in [1.29, 1.82) is 0 Å². The monoisotopic (exact) mass is 368 g/mol. The summed E-state index contributed by atoms with van der Waals surface area (Å²) in [7, 11) is 0. The highest BCUT2D eigenvalue weighted by molar-refractivity contribution is 5.20. The van der Waals surface area contributed by atoms with Gasteiger partial charge in [0.1, 0.15) is 11.5 Å². The van der Waals surface area contributed by atoms with Crippen LogP contribution in [0.4, 0.5) is 26.3 Å². The summed E-state index contributed by atoms with van der Waals surface area (Å²) in [5.74, 6) is -0.920. The molecule has 0 aliphatic rings. The minimum absolute atomic E-state index is 0.0330. The average Bonchev–Trinajstić information content (AvgIpc) is 2.48. The van der Waals surface area contributed by atoms with Gasteiger partial charge >= 0.3 is 12.7 Å². The first kappa shape index (κ1) is 18.8. The Balaban J connectivity index is 1.80. The molecule has 0 spiro atoms. The van der Waals surface area contributed by atoms with Gasteiger partial charge in [-0.05, 0) is 24.3 Å². The molecule has 0 saturated heterocycles. The number of ether oxygens (including phenoxy) is 3. The fourth-order valence-corrected chi connectivity index (χ4v) is 1.64. The van der Waals surface area contributed by atoms with Gasteiger partial charge in [0.15, 0.2) is 0 Å². The van der Waals surface area contributed by atoms with Crippen LogP contribution in [-0.2, 0) is 18.0 Å². The smallest absolute Gasteiger partial charge is 0.404 e. The van der Waals surface area contributed by atoms with Crippen molar-refractivity contribution >= 4 is 0 Å². The summed E-state index contributed by atoms with van der Waals surface area (Å²) in [6.07, 6.45) is -7.80. The SMILES string of the molecule is FC(F)(F)Oc1ccc(COCc2ccc(OC(F)(F)F)cn2)nc1. The molecule has 0 amide bonds. The minimum Gasteiger partial charge on any atom is -0.404 e. The van der Waals surface area contributed by atoms with E-state index in [4.69, 9.17) is 4.74 Å². The first-order chi connectivity index (χ1) is 11.6. The largest absolute Gasteiger partial charge is 0.573 e. The standard InChI is InChI=1S/C14H10F6N2O3/c15-13(16,17)24-11-3-1-9(21-5-11)7-23-8-10-2-4-12(6-22-10)25-14(18,19)20/h1-6H,7-8H2. The molecular weight excluding hydrogens is 358 g/mol. The zero-order chi connectivity index (χ0) is 18.5. The van der Waals surface area contributed by atoms with Gasteiger partial charge in [0.05, 0.1) is 37.0 Å². The molecule has 2 aromatic heterocycles. The van der Waals surface area contributed by atoms with Crippen molar-refractivity contribution in [2.75, 3.05) is 0 Å². The quantitative estimate of drug-likeness (QED) is 0.722. The molecule has 0 atom stereocenters. The Bertz CT molecular complexity index is 611. The molecule has 25 heavy (non-hydrogen) atoms. The second-order valence-electron chi connectivity index (χ2n) is 4.56. The first-order valence-electron chi connectivity index (χ1n) is 6.60. The van der Waals surface area contributed by atoms with E-state index in [9.17, 15) is 26.3 Å². The van der Waals surface area contributed by atoms with Crippen LogP contribution in [0, 0.1) is 0 Å². The lowest BCUT2D eigenvalue weighted by atomic mass is 10.3. The average molecular weight is 368 g/mol. The minimum atomic E-state index is -4.80. The number of hydrogen-bond acceptors (Lipinski definition) is 5.